The average molecular weight is 179 g/mol. The number of ether oxygens (including phenoxy) is 1. The third-order valence-electron chi connectivity index (χ3n) is 2.08. The van der Waals surface area contributed by atoms with Crippen molar-refractivity contribution in [2.45, 2.75) is 32.6 Å². The van der Waals surface area contributed by atoms with E-state index in [2.05, 4.69) is 18.0 Å². The van der Waals surface area contributed by atoms with Gasteiger partial charge in [-0.25, -0.2) is 4.98 Å². The maximum absolute atomic E-state index is 4.98. The Morgan fingerprint density at radius 1 is 1.31 bits per heavy atom. The summed E-state index contributed by atoms with van der Waals surface area (Å²) in [5, 5.41) is 0. The van der Waals surface area contributed by atoms with Crippen molar-refractivity contribution < 1.29 is 4.74 Å². The fraction of sp³-hybridized carbons (Fsp3) is 0.545. The van der Waals surface area contributed by atoms with E-state index < -0.39 is 0 Å². The first-order valence-electron chi connectivity index (χ1n) is 4.85. The molecule has 1 heterocycles. The molecule has 0 atom stereocenters. The van der Waals surface area contributed by atoms with Crippen LogP contribution in [0.5, 0.6) is 5.88 Å². The molecule has 0 aliphatic rings. The predicted octanol–water partition coefficient (Wildman–Crippen LogP) is 2.82. The van der Waals surface area contributed by atoms with Crippen LogP contribution in [0.3, 0.4) is 0 Å². The highest BCUT2D eigenvalue weighted by Gasteiger charge is 1.94. The van der Waals surface area contributed by atoms with E-state index in [0.717, 1.165) is 6.42 Å². The highest BCUT2D eigenvalue weighted by atomic mass is 16.5. The zero-order valence-electron chi connectivity index (χ0n) is 8.42. The van der Waals surface area contributed by atoms with Gasteiger partial charge in [-0.3, -0.25) is 0 Å². The van der Waals surface area contributed by atoms with Crippen molar-refractivity contribution in [1.29, 1.82) is 0 Å². The number of nitrogens with zero attached hydrogens (tertiary/aromatic N) is 1. The molecule has 2 heteroatoms. The molecule has 0 aliphatic heterocycles. The maximum atomic E-state index is 4.98. The topological polar surface area (TPSA) is 22.1 Å². The minimum atomic E-state index is 0.694. The summed E-state index contributed by atoms with van der Waals surface area (Å²) in [4.78, 5) is 4.15. The Labute approximate surface area is 80.0 Å². The molecule has 0 unspecified atom stereocenters. The standard InChI is InChI=1S/C11H17NO/c1-3-4-5-6-10-7-8-11(13-2)12-9-10/h7-9H,3-6H2,1-2H3. The van der Waals surface area contributed by atoms with Gasteiger partial charge in [-0.1, -0.05) is 25.8 Å². The Morgan fingerprint density at radius 2 is 2.15 bits per heavy atom. The highest BCUT2D eigenvalue weighted by Crippen LogP contribution is 2.09. The smallest absolute Gasteiger partial charge is 0.212 e. The number of hydrogen-bond donors (Lipinski definition) is 0. The van der Waals surface area contributed by atoms with Crippen LogP contribution in [0.4, 0.5) is 0 Å². The second-order valence-corrected chi connectivity index (χ2v) is 3.17. The van der Waals surface area contributed by atoms with Gasteiger partial charge in [0.25, 0.3) is 0 Å². The molecule has 13 heavy (non-hydrogen) atoms. The maximum Gasteiger partial charge on any atom is 0.212 e. The van der Waals surface area contributed by atoms with Crippen molar-refractivity contribution >= 4 is 0 Å². The van der Waals surface area contributed by atoms with E-state index in [1.54, 1.807) is 7.11 Å². The largest absolute Gasteiger partial charge is 0.481 e. The van der Waals surface area contributed by atoms with Crippen molar-refractivity contribution in [3.63, 3.8) is 0 Å². The van der Waals surface area contributed by atoms with Crippen molar-refractivity contribution in [3.8, 4) is 5.88 Å². The predicted molar refractivity (Wildman–Crippen MR) is 54.0 cm³/mol. The molecule has 0 amide bonds. The highest BCUT2D eigenvalue weighted by molar-refractivity contribution is 5.17. The Kier molecular flexibility index (Phi) is 4.30. The molecule has 0 N–H and O–H groups in total. The van der Waals surface area contributed by atoms with E-state index in [1.165, 1.54) is 24.8 Å². The van der Waals surface area contributed by atoms with Crippen molar-refractivity contribution in [3.05, 3.63) is 23.9 Å². The second-order valence-electron chi connectivity index (χ2n) is 3.17. The number of hydrogen-bond acceptors (Lipinski definition) is 2. The third kappa shape index (κ3) is 3.45. The number of aryl methyl sites for hydroxylation is 1. The Balaban J connectivity index is 2.40. The van der Waals surface area contributed by atoms with E-state index in [9.17, 15) is 0 Å². The van der Waals surface area contributed by atoms with Crippen molar-refractivity contribution in [2.24, 2.45) is 0 Å². The molecule has 0 saturated heterocycles. The van der Waals surface area contributed by atoms with Gasteiger partial charge < -0.3 is 4.74 Å². The summed E-state index contributed by atoms with van der Waals surface area (Å²) in [5.41, 5.74) is 1.30. The molecule has 0 bridgehead atoms. The van der Waals surface area contributed by atoms with Crippen LogP contribution in [0, 0.1) is 0 Å². The minimum absolute atomic E-state index is 0.694. The molecule has 0 aliphatic carbocycles. The van der Waals surface area contributed by atoms with Gasteiger partial charge in [-0.15, -0.1) is 0 Å². The van der Waals surface area contributed by atoms with Crippen molar-refractivity contribution in [2.75, 3.05) is 7.11 Å². The van der Waals surface area contributed by atoms with E-state index in [4.69, 9.17) is 4.74 Å². The summed E-state index contributed by atoms with van der Waals surface area (Å²) in [5.74, 6) is 0.694. The normalized spacial score (nSPS) is 10.0. The molecule has 0 radical (unpaired) electrons. The lowest BCUT2D eigenvalue weighted by Crippen LogP contribution is -1.90. The van der Waals surface area contributed by atoms with Crippen LogP contribution < -0.4 is 4.74 Å². The Morgan fingerprint density at radius 3 is 2.69 bits per heavy atom. The minimum Gasteiger partial charge on any atom is -0.481 e. The first-order chi connectivity index (χ1) is 6.36. The summed E-state index contributed by atoms with van der Waals surface area (Å²) in [6, 6.07) is 4.00. The van der Waals surface area contributed by atoms with Gasteiger partial charge in [0.1, 0.15) is 0 Å². The van der Waals surface area contributed by atoms with Gasteiger partial charge in [0, 0.05) is 12.3 Å². The number of unbranched alkanes of at least 4 members (excludes halogenated alkanes) is 2. The molecular formula is C11H17NO. The zero-order valence-corrected chi connectivity index (χ0v) is 8.42. The van der Waals surface area contributed by atoms with Crippen molar-refractivity contribution in [1.82, 2.24) is 4.98 Å². The van der Waals surface area contributed by atoms with Gasteiger partial charge in [-0.2, -0.15) is 0 Å². The van der Waals surface area contributed by atoms with Crippen LogP contribution in [0.25, 0.3) is 0 Å². The van der Waals surface area contributed by atoms with Crippen LogP contribution in [0.1, 0.15) is 31.7 Å². The number of methoxy groups -OCH3 is 1. The lowest BCUT2D eigenvalue weighted by molar-refractivity contribution is 0.397. The summed E-state index contributed by atoms with van der Waals surface area (Å²) in [7, 11) is 1.64. The molecule has 72 valence electrons. The quantitative estimate of drug-likeness (QED) is 0.648. The summed E-state index contributed by atoms with van der Waals surface area (Å²) < 4.78 is 4.98. The molecular weight excluding hydrogens is 162 g/mol. The fourth-order valence-corrected chi connectivity index (χ4v) is 1.26. The first kappa shape index (κ1) is 10.0. The molecule has 0 saturated carbocycles. The van der Waals surface area contributed by atoms with E-state index in [0.29, 0.717) is 5.88 Å². The molecule has 1 rings (SSSR count). The third-order valence-corrected chi connectivity index (χ3v) is 2.08. The van der Waals surface area contributed by atoms with Gasteiger partial charge in [0.05, 0.1) is 7.11 Å². The van der Waals surface area contributed by atoms with Gasteiger partial charge in [0.15, 0.2) is 0 Å². The summed E-state index contributed by atoms with van der Waals surface area (Å²) in [6.45, 7) is 2.21. The Bertz CT molecular complexity index is 230. The van der Waals surface area contributed by atoms with Crippen LogP contribution in [-0.4, -0.2) is 12.1 Å². The van der Waals surface area contributed by atoms with E-state index in [-0.39, 0.29) is 0 Å². The fourth-order valence-electron chi connectivity index (χ4n) is 1.26. The summed E-state index contributed by atoms with van der Waals surface area (Å²) >= 11 is 0. The molecule has 2 nitrogen and oxygen atoms in total. The number of rotatable bonds is 5. The van der Waals surface area contributed by atoms with Gasteiger partial charge >= 0.3 is 0 Å². The SMILES string of the molecule is CCCCCc1ccc(OC)nc1. The molecule has 1 aromatic heterocycles. The lowest BCUT2D eigenvalue weighted by atomic mass is 10.1. The molecule has 1 aromatic rings. The zero-order chi connectivity index (χ0) is 9.52. The lowest BCUT2D eigenvalue weighted by Gasteiger charge is -2.01. The van der Waals surface area contributed by atoms with E-state index in [1.807, 2.05) is 12.3 Å². The van der Waals surface area contributed by atoms with Crippen LogP contribution in [-0.2, 0) is 6.42 Å². The molecule has 0 fully saturated rings. The van der Waals surface area contributed by atoms with E-state index >= 15 is 0 Å². The molecule has 0 aromatic carbocycles. The average Bonchev–Trinajstić information content (AvgIpc) is 2.19. The second kappa shape index (κ2) is 5.57. The number of aromatic nitrogens is 1. The van der Waals surface area contributed by atoms with Crippen LogP contribution in [0.2, 0.25) is 0 Å². The number of pyridine rings is 1. The Hall–Kier alpha value is -1.05. The van der Waals surface area contributed by atoms with Crippen LogP contribution >= 0.6 is 0 Å². The molecule has 0 spiro atoms. The summed E-state index contributed by atoms with van der Waals surface area (Å²) in [6.07, 6.45) is 6.85. The van der Waals surface area contributed by atoms with Gasteiger partial charge in [-0.05, 0) is 18.4 Å². The van der Waals surface area contributed by atoms with Crippen LogP contribution in [0.15, 0.2) is 18.3 Å². The first-order valence-corrected chi connectivity index (χ1v) is 4.85. The monoisotopic (exact) mass is 179 g/mol. The van der Waals surface area contributed by atoms with Gasteiger partial charge in [0.2, 0.25) is 5.88 Å².